The molecule has 2 aromatic heterocycles. The highest BCUT2D eigenvalue weighted by Crippen LogP contribution is 2.43. The molecule has 17 nitrogen and oxygen atoms in total. The molecule has 4 rings (SSSR count). The molecule has 18 heteroatoms. The highest BCUT2D eigenvalue weighted by atomic mass is 31.2. The van der Waals surface area contributed by atoms with Crippen molar-refractivity contribution >= 4 is 31.0 Å². The van der Waals surface area contributed by atoms with Gasteiger partial charge in [-0.3, -0.25) is 23.3 Å². The summed E-state index contributed by atoms with van der Waals surface area (Å²) in [4.78, 5) is 44.3. The van der Waals surface area contributed by atoms with Crippen molar-refractivity contribution in [1.29, 1.82) is 0 Å². The van der Waals surface area contributed by atoms with Gasteiger partial charge in [-0.2, -0.15) is 15.2 Å². The Bertz CT molecular complexity index is 1590. The van der Waals surface area contributed by atoms with E-state index in [4.69, 9.17) is 23.3 Å². The maximum Gasteiger partial charge on any atom is 0.474 e. The maximum absolute atomic E-state index is 13.0. The smallest absolute Gasteiger partial charge is 0.474 e. The number of ether oxygens (including phenoxy) is 3. The normalized spacial score (nSPS) is 14.7. The van der Waals surface area contributed by atoms with Crippen molar-refractivity contribution in [3.05, 3.63) is 41.8 Å². The summed E-state index contributed by atoms with van der Waals surface area (Å²) in [5.74, 6) is -0.411. The minimum absolute atomic E-state index is 0.0264. The second kappa shape index (κ2) is 15.1. The Hall–Kier alpha value is -3.99. The highest BCUT2D eigenvalue weighted by Gasteiger charge is 2.30. The van der Waals surface area contributed by atoms with Crippen molar-refractivity contribution < 1.29 is 42.3 Å². The summed E-state index contributed by atoms with van der Waals surface area (Å²) >= 11 is 0. The van der Waals surface area contributed by atoms with Crippen LogP contribution in [-0.2, 0) is 41.7 Å². The summed E-state index contributed by atoms with van der Waals surface area (Å²) in [5.41, 5.74) is 1.05. The molecule has 1 aliphatic carbocycles. The Balaban J connectivity index is 1.66. The highest BCUT2D eigenvalue weighted by molar-refractivity contribution is 7.47. The first-order valence-electron chi connectivity index (χ1n) is 13.6. The molecule has 44 heavy (non-hydrogen) atoms. The van der Waals surface area contributed by atoms with Gasteiger partial charge in [-0.1, -0.05) is 6.07 Å². The molecule has 238 valence electrons. The lowest BCUT2D eigenvalue weighted by molar-refractivity contribution is -0.119. The zero-order valence-electron chi connectivity index (χ0n) is 24.8. The average Bonchev–Trinajstić information content (AvgIpc) is 3.78. The number of hydrogen-bond acceptors (Lipinski definition) is 12. The molecule has 0 bridgehead atoms. The standard InChI is InChI=1S/C26H35N8O9P/c1-27-26(36)22-20(29-19-7-5-6-18(23(19)40-4)24-28-15-33(2)32-24)14-21(30-25(35)17-8-9-17)34(31-22)16-43-44(37,38)42-13-12-41-11-10-39-3/h5-7,14-15,17,29H,8-13,16H2,1-4H3,(H,27,36)(H,37,38)/b30-21+. The minimum atomic E-state index is -4.58. The number of benzene rings is 1. The molecule has 1 fully saturated rings. The van der Waals surface area contributed by atoms with E-state index in [0.717, 1.165) is 4.68 Å². The van der Waals surface area contributed by atoms with E-state index < -0.39 is 26.4 Å². The van der Waals surface area contributed by atoms with Crippen LogP contribution in [0.25, 0.3) is 11.4 Å². The molecule has 0 aliphatic heterocycles. The third kappa shape index (κ3) is 8.78. The van der Waals surface area contributed by atoms with Crippen molar-refractivity contribution in [1.82, 2.24) is 29.9 Å². The van der Waals surface area contributed by atoms with Crippen LogP contribution in [0.5, 0.6) is 5.75 Å². The molecule has 1 atom stereocenters. The first-order valence-corrected chi connectivity index (χ1v) is 15.1. The Labute approximate surface area is 252 Å². The van der Waals surface area contributed by atoms with Crippen molar-refractivity contribution in [3.63, 3.8) is 0 Å². The van der Waals surface area contributed by atoms with Gasteiger partial charge >= 0.3 is 7.82 Å². The lowest BCUT2D eigenvalue weighted by atomic mass is 10.1. The van der Waals surface area contributed by atoms with Crippen LogP contribution in [0.3, 0.4) is 0 Å². The molecule has 2 heterocycles. The van der Waals surface area contributed by atoms with Gasteiger partial charge < -0.3 is 29.7 Å². The zero-order chi connectivity index (χ0) is 31.7. The van der Waals surface area contributed by atoms with Gasteiger partial charge in [0.1, 0.15) is 6.33 Å². The van der Waals surface area contributed by atoms with Crippen LogP contribution in [0.2, 0.25) is 0 Å². The number of aryl methyl sites for hydroxylation is 1. The third-order valence-electron chi connectivity index (χ3n) is 6.19. The van der Waals surface area contributed by atoms with Gasteiger partial charge in [-0.15, -0.1) is 0 Å². The Kier molecular flexibility index (Phi) is 11.3. The monoisotopic (exact) mass is 634 g/mol. The summed E-state index contributed by atoms with van der Waals surface area (Å²) in [6, 6.07) is 6.67. The number of aromatic nitrogens is 5. The average molecular weight is 635 g/mol. The second-order valence-electron chi connectivity index (χ2n) is 9.49. The summed E-state index contributed by atoms with van der Waals surface area (Å²) in [6.07, 6.45) is 2.95. The van der Waals surface area contributed by atoms with Crippen LogP contribution in [-0.4, -0.2) is 88.9 Å². The predicted octanol–water partition coefficient (Wildman–Crippen LogP) is 1.38. The van der Waals surface area contributed by atoms with Crippen LogP contribution in [0.15, 0.2) is 35.6 Å². The van der Waals surface area contributed by atoms with E-state index >= 15 is 0 Å². The molecular formula is C26H35N8O9P. The summed E-state index contributed by atoms with van der Waals surface area (Å²) in [7, 11) is 1.59. The van der Waals surface area contributed by atoms with Gasteiger partial charge in [-0.05, 0) is 25.0 Å². The van der Waals surface area contributed by atoms with Gasteiger partial charge in [0.05, 0.1) is 50.5 Å². The van der Waals surface area contributed by atoms with Crippen LogP contribution in [0, 0.1) is 5.92 Å². The molecule has 0 spiro atoms. The fourth-order valence-corrected chi connectivity index (χ4v) is 4.49. The van der Waals surface area contributed by atoms with E-state index in [-0.39, 0.29) is 42.6 Å². The number of phosphoric acid groups is 1. The summed E-state index contributed by atoms with van der Waals surface area (Å²) in [6.45, 7) is -0.215. The van der Waals surface area contributed by atoms with E-state index in [1.165, 1.54) is 27.3 Å². The van der Waals surface area contributed by atoms with Crippen molar-refractivity contribution in [2.75, 3.05) is 53.0 Å². The van der Waals surface area contributed by atoms with Gasteiger partial charge in [0.25, 0.3) is 11.8 Å². The van der Waals surface area contributed by atoms with E-state index in [9.17, 15) is 19.0 Å². The summed E-state index contributed by atoms with van der Waals surface area (Å²) in [5, 5.41) is 14.3. The SMILES string of the molecule is CNC(=O)c1nn(COP(=O)(O)OCCOCCOC)/c(=N/C(=O)C2CC2)cc1Nc1cccc(-c2ncn(C)n2)c1OC. The number of carbonyl (C=O) groups is 2. The number of hydrogen-bond donors (Lipinski definition) is 3. The number of amides is 2. The number of methoxy groups -OCH3 is 2. The second-order valence-corrected chi connectivity index (χ2v) is 10.9. The fraction of sp³-hybridized carbons (Fsp3) is 0.462. The van der Waals surface area contributed by atoms with Crippen molar-refractivity contribution in [2.24, 2.45) is 18.0 Å². The Morgan fingerprint density at radius 3 is 2.55 bits per heavy atom. The molecular weight excluding hydrogens is 599 g/mol. The molecule has 1 aliphatic rings. The first-order chi connectivity index (χ1) is 21.2. The Morgan fingerprint density at radius 2 is 1.89 bits per heavy atom. The van der Waals surface area contributed by atoms with Crippen LogP contribution >= 0.6 is 7.82 Å². The number of nitrogens with one attached hydrogen (secondary N) is 2. The van der Waals surface area contributed by atoms with Crippen LogP contribution in [0.4, 0.5) is 11.4 Å². The fourth-order valence-electron chi connectivity index (χ4n) is 3.86. The molecule has 0 radical (unpaired) electrons. The van der Waals surface area contributed by atoms with E-state index in [1.54, 1.807) is 36.3 Å². The molecule has 1 saturated carbocycles. The third-order valence-corrected chi connectivity index (χ3v) is 7.14. The molecule has 0 saturated heterocycles. The summed E-state index contributed by atoms with van der Waals surface area (Å²) < 4.78 is 40.9. The van der Waals surface area contributed by atoms with E-state index in [1.807, 2.05) is 0 Å². The van der Waals surface area contributed by atoms with Gasteiger partial charge in [-0.25, -0.2) is 14.2 Å². The van der Waals surface area contributed by atoms with Crippen molar-refractivity contribution in [2.45, 2.75) is 19.6 Å². The number of phosphoric ester groups is 1. The topological polar surface area (TPSA) is 203 Å². The molecule has 3 N–H and O–H groups in total. The maximum atomic E-state index is 13.0. The number of anilines is 2. The van der Waals surface area contributed by atoms with Gasteiger partial charge in [0, 0.05) is 33.2 Å². The van der Waals surface area contributed by atoms with Crippen LogP contribution < -0.4 is 20.9 Å². The Morgan fingerprint density at radius 1 is 1.11 bits per heavy atom. The molecule has 1 unspecified atom stereocenters. The quantitative estimate of drug-likeness (QED) is 0.151. The molecule has 3 aromatic rings. The lowest BCUT2D eigenvalue weighted by Gasteiger charge is -2.18. The predicted molar refractivity (Wildman–Crippen MR) is 155 cm³/mol. The largest absolute Gasteiger partial charge is 0.494 e. The van der Waals surface area contributed by atoms with Crippen molar-refractivity contribution in [3.8, 4) is 17.1 Å². The van der Waals surface area contributed by atoms with E-state index in [2.05, 4.69) is 30.8 Å². The number of nitrogens with zero attached hydrogens (tertiary/aromatic N) is 6. The van der Waals surface area contributed by atoms with E-state index in [0.29, 0.717) is 42.3 Å². The van der Waals surface area contributed by atoms with Gasteiger partial charge in [0.15, 0.2) is 29.5 Å². The number of carbonyl (C=O) groups excluding carboxylic acids is 2. The first kappa shape index (κ1) is 32.9. The molecule has 1 aromatic carbocycles. The lowest BCUT2D eigenvalue weighted by Crippen LogP contribution is -2.31. The number of rotatable bonds is 16. The van der Waals surface area contributed by atoms with Gasteiger partial charge in [0.2, 0.25) is 0 Å². The van der Waals surface area contributed by atoms with Crippen LogP contribution in [0.1, 0.15) is 23.3 Å². The molecule has 2 amide bonds. The minimum Gasteiger partial charge on any atom is -0.494 e. The number of para-hydroxylation sites is 1. The zero-order valence-corrected chi connectivity index (χ0v) is 25.7.